The molecule has 96 valence electrons. The standard InChI is InChI=1S/C14H29NO/c1-6-12-9-11(2)7-8-13(12)15-14(3,4)10-16-5/h11-13,15H,6-10H2,1-5H3. The Bertz CT molecular complexity index is 203. The molecule has 3 unspecified atom stereocenters. The van der Waals surface area contributed by atoms with Gasteiger partial charge in [0.25, 0.3) is 0 Å². The molecule has 0 aromatic heterocycles. The van der Waals surface area contributed by atoms with Crippen molar-refractivity contribution in [2.75, 3.05) is 13.7 Å². The van der Waals surface area contributed by atoms with Gasteiger partial charge in [0.15, 0.2) is 0 Å². The highest BCUT2D eigenvalue weighted by molar-refractivity contribution is 4.89. The van der Waals surface area contributed by atoms with E-state index in [0.717, 1.165) is 18.4 Å². The van der Waals surface area contributed by atoms with Gasteiger partial charge < -0.3 is 10.1 Å². The van der Waals surface area contributed by atoms with Crippen LogP contribution in [0.15, 0.2) is 0 Å². The molecule has 0 aromatic carbocycles. The summed E-state index contributed by atoms with van der Waals surface area (Å²) in [4.78, 5) is 0. The largest absolute Gasteiger partial charge is 0.383 e. The molecule has 1 rings (SSSR count). The van der Waals surface area contributed by atoms with Gasteiger partial charge in [-0.1, -0.05) is 20.3 Å². The summed E-state index contributed by atoms with van der Waals surface area (Å²) in [6.45, 7) is 9.97. The maximum Gasteiger partial charge on any atom is 0.0639 e. The molecule has 1 N–H and O–H groups in total. The van der Waals surface area contributed by atoms with Crippen LogP contribution in [-0.2, 0) is 4.74 Å². The Kier molecular flexibility index (Phi) is 5.26. The third kappa shape index (κ3) is 4.06. The van der Waals surface area contributed by atoms with Crippen LogP contribution < -0.4 is 5.32 Å². The number of rotatable bonds is 5. The molecule has 0 spiro atoms. The summed E-state index contributed by atoms with van der Waals surface area (Å²) in [7, 11) is 1.78. The molecular weight excluding hydrogens is 198 g/mol. The van der Waals surface area contributed by atoms with Crippen LogP contribution in [0.5, 0.6) is 0 Å². The molecule has 0 heterocycles. The van der Waals surface area contributed by atoms with Crippen molar-refractivity contribution in [3.05, 3.63) is 0 Å². The molecule has 0 aliphatic heterocycles. The highest BCUT2D eigenvalue weighted by Gasteiger charge is 2.31. The van der Waals surface area contributed by atoms with Crippen LogP contribution in [0, 0.1) is 11.8 Å². The Balaban J connectivity index is 2.51. The normalized spacial score (nSPS) is 31.7. The van der Waals surface area contributed by atoms with Crippen LogP contribution in [0.3, 0.4) is 0 Å². The van der Waals surface area contributed by atoms with Crippen LogP contribution in [0.2, 0.25) is 0 Å². The first kappa shape index (κ1) is 14.0. The lowest BCUT2D eigenvalue weighted by molar-refractivity contribution is 0.0966. The molecule has 1 saturated carbocycles. The fourth-order valence-electron chi connectivity index (χ4n) is 3.04. The van der Waals surface area contributed by atoms with Crippen LogP contribution in [0.1, 0.15) is 53.4 Å². The first-order valence-electron chi connectivity index (χ1n) is 6.75. The summed E-state index contributed by atoms with van der Waals surface area (Å²) in [6, 6.07) is 0.686. The fourth-order valence-corrected chi connectivity index (χ4v) is 3.04. The molecule has 1 aliphatic carbocycles. The minimum Gasteiger partial charge on any atom is -0.383 e. The first-order valence-corrected chi connectivity index (χ1v) is 6.75. The van der Waals surface area contributed by atoms with Crippen LogP contribution >= 0.6 is 0 Å². The van der Waals surface area contributed by atoms with Gasteiger partial charge in [0.1, 0.15) is 0 Å². The number of hydrogen-bond acceptors (Lipinski definition) is 2. The van der Waals surface area contributed by atoms with Crippen molar-refractivity contribution < 1.29 is 4.74 Å². The fraction of sp³-hybridized carbons (Fsp3) is 1.00. The number of methoxy groups -OCH3 is 1. The van der Waals surface area contributed by atoms with E-state index in [1.54, 1.807) is 7.11 Å². The summed E-state index contributed by atoms with van der Waals surface area (Å²) in [5, 5.41) is 3.79. The van der Waals surface area contributed by atoms with E-state index in [4.69, 9.17) is 4.74 Å². The van der Waals surface area contributed by atoms with Gasteiger partial charge in [-0.2, -0.15) is 0 Å². The van der Waals surface area contributed by atoms with Crippen molar-refractivity contribution >= 4 is 0 Å². The van der Waals surface area contributed by atoms with Gasteiger partial charge in [-0.05, 0) is 44.9 Å². The van der Waals surface area contributed by atoms with Gasteiger partial charge in [0.2, 0.25) is 0 Å². The van der Waals surface area contributed by atoms with E-state index in [1.165, 1.54) is 25.7 Å². The van der Waals surface area contributed by atoms with Crippen molar-refractivity contribution in [3.8, 4) is 0 Å². The van der Waals surface area contributed by atoms with Gasteiger partial charge in [-0.3, -0.25) is 0 Å². The van der Waals surface area contributed by atoms with Gasteiger partial charge in [0.05, 0.1) is 6.61 Å². The zero-order valence-electron chi connectivity index (χ0n) is 11.7. The number of ether oxygens (including phenoxy) is 1. The average molecular weight is 227 g/mol. The number of nitrogens with one attached hydrogen (secondary N) is 1. The molecule has 1 aliphatic rings. The van der Waals surface area contributed by atoms with E-state index < -0.39 is 0 Å². The highest BCUT2D eigenvalue weighted by atomic mass is 16.5. The summed E-state index contributed by atoms with van der Waals surface area (Å²) in [6.07, 6.45) is 5.38. The van der Waals surface area contributed by atoms with E-state index in [2.05, 4.69) is 33.0 Å². The monoisotopic (exact) mass is 227 g/mol. The van der Waals surface area contributed by atoms with Gasteiger partial charge in [0, 0.05) is 18.7 Å². The number of hydrogen-bond donors (Lipinski definition) is 1. The van der Waals surface area contributed by atoms with Crippen molar-refractivity contribution in [2.24, 2.45) is 11.8 Å². The van der Waals surface area contributed by atoms with E-state index in [1.807, 2.05) is 0 Å². The Labute approximate surface area is 101 Å². The van der Waals surface area contributed by atoms with E-state index in [-0.39, 0.29) is 5.54 Å². The second-order valence-electron chi connectivity index (χ2n) is 6.15. The third-order valence-corrected chi connectivity index (χ3v) is 3.85. The predicted octanol–water partition coefficient (Wildman–Crippen LogP) is 3.22. The lowest BCUT2D eigenvalue weighted by atomic mass is 9.77. The topological polar surface area (TPSA) is 21.3 Å². The highest BCUT2D eigenvalue weighted by Crippen LogP contribution is 2.32. The summed E-state index contributed by atoms with van der Waals surface area (Å²) in [5.74, 6) is 1.76. The predicted molar refractivity (Wildman–Crippen MR) is 69.7 cm³/mol. The van der Waals surface area contributed by atoms with E-state index in [0.29, 0.717) is 6.04 Å². The molecule has 2 nitrogen and oxygen atoms in total. The maximum atomic E-state index is 5.28. The molecule has 1 fully saturated rings. The Morgan fingerprint density at radius 1 is 1.31 bits per heavy atom. The van der Waals surface area contributed by atoms with Gasteiger partial charge >= 0.3 is 0 Å². The van der Waals surface area contributed by atoms with Crippen LogP contribution in [0.4, 0.5) is 0 Å². The summed E-state index contributed by atoms with van der Waals surface area (Å²) < 4.78 is 5.28. The lowest BCUT2D eigenvalue weighted by Gasteiger charge is -2.40. The molecule has 0 amide bonds. The second kappa shape index (κ2) is 6.02. The lowest BCUT2D eigenvalue weighted by Crippen LogP contribution is -2.52. The molecule has 3 atom stereocenters. The van der Waals surface area contributed by atoms with Crippen molar-refractivity contribution in [1.82, 2.24) is 5.32 Å². The Morgan fingerprint density at radius 2 is 2.00 bits per heavy atom. The van der Waals surface area contributed by atoms with Crippen molar-refractivity contribution in [3.63, 3.8) is 0 Å². The second-order valence-corrected chi connectivity index (χ2v) is 6.15. The van der Waals surface area contributed by atoms with Gasteiger partial charge in [-0.15, -0.1) is 0 Å². The first-order chi connectivity index (χ1) is 7.48. The van der Waals surface area contributed by atoms with Crippen LogP contribution in [0.25, 0.3) is 0 Å². The minimum absolute atomic E-state index is 0.105. The SMILES string of the molecule is CCC1CC(C)CCC1NC(C)(C)COC. The molecule has 16 heavy (non-hydrogen) atoms. The Morgan fingerprint density at radius 3 is 2.56 bits per heavy atom. The molecular formula is C14H29NO. The smallest absolute Gasteiger partial charge is 0.0639 e. The van der Waals surface area contributed by atoms with Crippen molar-refractivity contribution in [1.29, 1.82) is 0 Å². The minimum atomic E-state index is 0.105. The van der Waals surface area contributed by atoms with Crippen molar-refractivity contribution in [2.45, 2.75) is 65.0 Å². The quantitative estimate of drug-likeness (QED) is 0.778. The molecule has 0 aromatic rings. The Hall–Kier alpha value is -0.0800. The summed E-state index contributed by atoms with van der Waals surface area (Å²) in [5.41, 5.74) is 0.105. The molecule has 0 radical (unpaired) electrons. The zero-order chi connectivity index (χ0) is 12.2. The molecule has 2 heteroatoms. The van der Waals surface area contributed by atoms with Crippen LogP contribution in [-0.4, -0.2) is 25.3 Å². The van der Waals surface area contributed by atoms with E-state index in [9.17, 15) is 0 Å². The average Bonchev–Trinajstić information content (AvgIpc) is 2.20. The maximum absolute atomic E-state index is 5.28. The molecule has 0 saturated heterocycles. The summed E-state index contributed by atoms with van der Waals surface area (Å²) >= 11 is 0. The van der Waals surface area contributed by atoms with E-state index >= 15 is 0 Å². The third-order valence-electron chi connectivity index (χ3n) is 3.85. The van der Waals surface area contributed by atoms with Gasteiger partial charge in [-0.25, -0.2) is 0 Å². The zero-order valence-corrected chi connectivity index (χ0v) is 11.7. The molecule has 0 bridgehead atoms.